The van der Waals surface area contributed by atoms with Crippen molar-refractivity contribution in [1.29, 1.82) is 0 Å². The molecule has 1 atom stereocenters. The molecule has 2 aliphatic rings. The predicted molar refractivity (Wildman–Crippen MR) is 83.1 cm³/mol. The number of benzene rings is 1. The number of carbonyl (C=O) groups is 2. The van der Waals surface area contributed by atoms with Crippen molar-refractivity contribution in [3.8, 4) is 0 Å². The number of anilines is 2. The highest BCUT2D eigenvalue weighted by Gasteiger charge is 2.34. The van der Waals surface area contributed by atoms with Crippen LogP contribution in [0.3, 0.4) is 0 Å². The fourth-order valence-corrected chi connectivity index (χ4v) is 3.25. The number of hydrogen-bond donors (Lipinski definition) is 0. The van der Waals surface area contributed by atoms with Crippen molar-refractivity contribution < 1.29 is 9.59 Å². The Balaban J connectivity index is 1.87. The highest BCUT2D eigenvalue weighted by molar-refractivity contribution is 6.52. The molecule has 0 aromatic heterocycles. The quantitative estimate of drug-likeness (QED) is 0.771. The summed E-state index contributed by atoms with van der Waals surface area (Å²) in [7, 11) is 5.89. The molecule has 21 heavy (non-hydrogen) atoms. The summed E-state index contributed by atoms with van der Waals surface area (Å²) < 4.78 is 0. The molecule has 5 heteroatoms. The second-order valence-electron chi connectivity index (χ2n) is 6.06. The van der Waals surface area contributed by atoms with Crippen molar-refractivity contribution in [3.63, 3.8) is 0 Å². The van der Waals surface area contributed by atoms with Gasteiger partial charge in [-0.15, -0.1) is 0 Å². The Bertz CT molecular complexity index is 599. The molecule has 1 amide bonds. The monoisotopic (exact) mass is 287 g/mol. The van der Waals surface area contributed by atoms with Gasteiger partial charge in [-0.25, -0.2) is 0 Å². The Morgan fingerprint density at radius 2 is 2.00 bits per heavy atom. The van der Waals surface area contributed by atoms with E-state index < -0.39 is 11.7 Å². The highest BCUT2D eigenvalue weighted by Crippen LogP contribution is 2.32. The number of nitrogens with zero attached hydrogens (tertiary/aromatic N) is 3. The number of piperidine rings is 1. The van der Waals surface area contributed by atoms with Crippen LogP contribution < -0.4 is 9.80 Å². The van der Waals surface area contributed by atoms with Gasteiger partial charge in [-0.05, 0) is 44.6 Å². The summed E-state index contributed by atoms with van der Waals surface area (Å²) in [6, 6.07) is 6.14. The number of ketones is 1. The van der Waals surface area contributed by atoms with Crippen LogP contribution in [0, 0.1) is 0 Å². The van der Waals surface area contributed by atoms with Crippen LogP contribution in [0.5, 0.6) is 0 Å². The third kappa shape index (κ3) is 2.31. The maximum absolute atomic E-state index is 11.8. The number of Topliss-reactive ketones (excluding diaryl/α,β-unsaturated/α-hetero) is 1. The molecular formula is C16H21N3O2. The van der Waals surface area contributed by atoms with E-state index in [2.05, 4.69) is 23.9 Å². The Labute approximate surface area is 125 Å². The minimum absolute atomic E-state index is 0.404. The number of fused-ring (bicyclic) bond motifs is 1. The minimum Gasteiger partial charge on any atom is -0.370 e. The number of hydrogen-bond acceptors (Lipinski definition) is 4. The zero-order valence-electron chi connectivity index (χ0n) is 12.8. The molecule has 2 aliphatic heterocycles. The molecule has 5 nitrogen and oxygen atoms in total. The summed E-state index contributed by atoms with van der Waals surface area (Å²) in [6.07, 6.45) is 2.37. The topological polar surface area (TPSA) is 43.9 Å². The number of carbonyl (C=O) groups excluding carboxylic acids is 2. The van der Waals surface area contributed by atoms with Gasteiger partial charge < -0.3 is 14.7 Å². The van der Waals surface area contributed by atoms with E-state index in [4.69, 9.17) is 0 Å². The molecule has 1 aromatic rings. The van der Waals surface area contributed by atoms with Crippen LogP contribution in [0.25, 0.3) is 0 Å². The molecule has 3 rings (SSSR count). The first-order chi connectivity index (χ1) is 9.99. The van der Waals surface area contributed by atoms with Crippen molar-refractivity contribution in [3.05, 3.63) is 23.8 Å². The Morgan fingerprint density at radius 1 is 1.24 bits per heavy atom. The van der Waals surface area contributed by atoms with Crippen LogP contribution in [0.4, 0.5) is 11.4 Å². The van der Waals surface area contributed by atoms with E-state index in [0.717, 1.165) is 24.5 Å². The van der Waals surface area contributed by atoms with E-state index in [1.807, 2.05) is 12.1 Å². The third-order valence-corrected chi connectivity index (χ3v) is 4.64. The standard InChI is InChI=1S/C16H21N3O2/c1-17-8-4-5-12(10-17)18(2)11-6-7-13-14(9-11)19(3)16(21)15(13)20/h6-7,9,12H,4-5,8,10H2,1-3H3. The van der Waals surface area contributed by atoms with Crippen LogP contribution in [0.15, 0.2) is 18.2 Å². The lowest BCUT2D eigenvalue weighted by atomic mass is 10.0. The molecule has 1 aromatic carbocycles. The first-order valence-electron chi connectivity index (χ1n) is 7.37. The van der Waals surface area contributed by atoms with Crippen LogP contribution in [0.1, 0.15) is 23.2 Å². The zero-order chi connectivity index (χ0) is 15.1. The predicted octanol–water partition coefficient (Wildman–Crippen LogP) is 1.38. The molecule has 2 heterocycles. The molecule has 0 spiro atoms. The molecule has 0 bridgehead atoms. The van der Waals surface area contributed by atoms with Gasteiger partial charge in [-0.3, -0.25) is 9.59 Å². The SMILES string of the molecule is CN1CCCC(N(C)c2ccc3c(c2)N(C)C(=O)C3=O)C1. The Morgan fingerprint density at radius 3 is 2.71 bits per heavy atom. The lowest BCUT2D eigenvalue weighted by Crippen LogP contribution is -2.45. The van der Waals surface area contributed by atoms with Gasteiger partial charge in [0.25, 0.3) is 11.7 Å². The average molecular weight is 287 g/mol. The highest BCUT2D eigenvalue weighted by atomic mass is 16.2. The third-order valence-electron chi connectivity index (χ3n) is 4.64. The second kappa shape index (κ2) is 5.15. The van der Waals surface area contributed by atoms with Gasteiger partial charge in [0.1, 0.15) is 0 Å². The molecule has 1 fully saturated rings. The van der Waals surface area contributed by atoms with Crippen LogP contribution >= 0.6 is 0 Å². The fraction of sp³-hybridized carbons (Fsp3) is 0.500. The summed E-state index contributed by atoms with van der Waals surface area (Å²) >= 11 is 0. The summed E-state index contributed by atoms with van der Waals surface area (Å²) in [4.78, 5) is 29.6. The van der Waals surface area contributed by atoms with E-state index in [-0.39, 0.29) is 0 Å². The fourth-order valence-electron chi connectivity index (χ4n) is 3.25. The number of likely N-dealkylation sites (N-methyl/N-ethyl adjacent to an activating group) is 3. The van der Waals surface area contributed by atoms with E-state index in [9.17, 15) is 9.59 Å². The van der Waals surface area contributed by atoms with Crippen molar-refractivity contribution in [2.45, 2.75) is 18.9 Å². The first kappa shape index (κ1) is 14.1. The largest absolute Gasteiger partial charge is 0.370 e. The maximum Gasteiger partial charge on any atom is 0.299 e. The average Bonchev–Trinajstić information content (AvgIpc) is 2.71. The smallest absolute Gasteiger partial charge is 0.299 e. The maximum atomic E-state index is 11.8. The van der Waals surface area contributed by atoms with E-state index >= 15 is 0 Å². The molecule has 0 N–H and O–H groups in total. The Kier molecular flexibility index (Phi) is 3.45. The van der Waals surface area contributed by atoms with Crippen LogP contribution in [-0.2, 0) is 4.79 Å². The van der Waals surface area contributed by atoms with Gasteiger partial charge in [-0.1, -0.05) is 0 Å². The van der Waals surface area contributed by atoms with Crippen molar-refractivity contribution in [2.24, 2.45) is 0 Å². The summed E-state index contributed by atoms with van der Waals surface area (Å²) in [5, 5.41) is 0. The van der Waals surface area contributed by atoms with E-state index in [1.54, 1.807) is 13.1 Å². The van der Waals surface area contributed by atoms with Crippen LogP contribution in [-0.4, -0.2) is 56.9 Å². The second-order valence-corrected chi connectivity index (χ2v) is 6.06. The van der Waals surface area contributed by atoms with Crippen molar-refractivity contribution in [2.75, 3.05) is 44.0 Å². The molecule has 1 unspecified atom stereocenters. The number of likely N-dealkylation sites (tertiary alicyclic amines) is 1. The summed E-state index contributed by atoms with van der Waals surface area (Å²) in [5.74, 6) is -0.846. The van der Waals surface area contributed by atoms with E-state index in [1.165, 1.54) is 17.7 Å². The lowest BCUT2D eigenvalue weighted by molar-refractivity contribution is -0.114. The summed E-state index contributed by atoms with van der Waals surface area (Å²) in [5.41, 5.74) is 2.29. The van der Waals surface area contributed by atoms with Crippen LogP contribution in [0.2, 0.25) is 0 Å². The number of rotatable bonds is 2. The van der Waals surface area contributed by atoms with Crippen molar-refractivity contribution >= 4 is 23.1 Å². The minimum atomic E-state index is -0.442. The molecule has 112 valence electrons. The van der Waals surface area contributed by atoms with Gasteiger partial charge in [0.2, 0.25) is 0 Å². The zero-order valence-corrected chi connectivity index (χ0v) is 12.8. The lowest BCUT2D eigenvalue weighted by Gasteiger charge is -2.37. The van der Waals surface area contributed by atoms with Gasteiger partial charge in [-0.2, -0.15) is 0 Å². The van der Waals surface area contributed by atoms with Gasteiger partial charge in [0, 0.05) is 32.4 Å². The molecular weight excluding hydrogens is 266 g/mol. The molecule has 1 saturated heterocycles. The van der Waals surface area contributed by atoms with Gasteiger partial charge in [0.15, 0.2) is 0 Å². The normalized spacial score (nSPS) is 22.6. The van der Waals surface area contributed by atoms with Gasteiger partial charge >= 0.3 is 0 Å². The Hall–Kier alpha value is -1.88. The number of amides is 1. The first-order valence-corrected chi connectivity index (χ1v) is 7.37. The molecule has 0 aliphatic carbocycles. The van der Waals surface area contributed by atoms with Gasteiger partial charge in [0.05, 0.1) is 11.3 Å². The van der Waals surface area contributed by atoms with Crippen molar-refractivity contribution in [1.82, 2.24) is 4.90 Å². The molecule has 0 saturated carbocycles. The summed E-state index contributed by atoms with van der Waals surface area (Å²) in [6.45, 7) is 2.20. The van der Waals surface area contributed by atoms with E-state index in [0.29, 0.717) is 11.6 Å². The molecule has 0 radical (unpaired) electrons.